The van der Waals surface area contributed by atoms with Crippen LogP contribution in [0.15, 0.2) is 0 Å². The first kappa shape index (κ1) is 9.01. The summed E-state index contributed by atoms with van der Waals surface area (Å²) in [6.07, 6.45) is 4.59. The minimum absolute atomic E-state index is 0.0819. The summed E-state index contributed by atoms with van der Waals surface area (Å²) in [6, 6.07) is 0. The molecule has 1 fully saturated rings. The Balaban J connectivity index is 2.38. The number of hydrogen-bond acceptors (Lipinski definition) is 1. The van der Waals surface area contributed by atoms with Crippen molar-refractivity contribution >= 4 is 0 Å². The molecule has 2 heteroatoms. The van der Waals surface area contributed by atoms with Gasteiger partial charge in [-0.15, -0.1) is 0 Å². The number of aliphatic hydroxyl groups excluding tert-OH is 1. The van der Waals surface area contributed by atoms with Crippen LogP contribution in [0.3, 0.4) is 0 Å². The van der Waals surface area contributed by atoms with E-state index in [0.29, 0.717) is 0 Å². The van der Waals surface area contributed by atoms with Crippen molar-refractivity contribution in [2.45, 2.75) is 38.8 Å². The summed E-state index contributed by atoms with van der Waals surface area (Å²) >= 11 is 0. The van der Waals surface area contributed by atoms with Gasteiger partial charge in [-0.1, -0.05) is 13.3 Å². The van der Waals surface area contributed by atoms with E-state index in [4.69, 9.17) is 0 Å². The van der Waals surface area contributed by atoms with Crippen LogP contribution in [0.25, 0.3) is 0 Å². The van der Waals surface area contributed by atoms with Gasteiger partial charge in [0.1, 0.15) is 0 Å². The second-order valence-corrected chi connectivity index (χ2v) is 3.90. The van der Waals surface area contributed by atoms with Crippen molar-refractivity contribution in [2.75, 3.05) is 20.1 Å². The highest BCUT2D eigenvalue weighted by Gasteiger charge is 2.35. The highest BCUT2D eigenvalue weighted by Crippen LogP contribution is 2.23. The molecule has 1 N–H and O–H groups in total. The standard InChI is InChI=1S/C9H20NO/c1-3-4-7-10(2)8-5-6-9(10)11/h9,11H,3-8H2,1-2H3/q+1. The summed E-state index contributed by atoms with van der Waals surface area (Å²) in [5, 5.41) is 9.65. The SMILES string of the molecule is CCCC[N+]1(C)CCCC1O. The molecule has 1 saturated heterocycles. The van der Waals surface area contributed by atoms with Gasteiger partial charge in [0.15, 0.2) is 6.23 Å². The molecule has 0 amide bonds. The number of aliphatic hydroxyl groups is 1. The van der Waals surface area contributed by atoms with Gasteiger partial charge in [-0.05, 0) is 6.42 Å². The summed E-state index contributed by atoms with van der Waals surface area (Å²) < 4.78 is 0.897. The summed E-state index contributed by atoms with van der Waals surface area (Å²) in [7, 11) is 2.17. The molecule has 0 bridgehead atoms. The average Bonchev–Trinajstić information content (AvgIpc) is 2.30. The maximum atomic E-state index is 9.65. The molecule has 1 rings (SSSR count). The second-order valence-electron chi connectivity index (χ2n) is 3.90. The molecular formula is C9H20NO+. The average molecular weight is 158 g/mol. The summed E-state index contributed by atoms with van der Waals surface area (Å²) in [5.74, 6) is 0. The lowest BCUT2D eigenvalue weighted by atomic mass is 10.3. The van der Waals surface area contributed by atoms with Crippen molar-refractivity contribution in [3.63, 3.8) is 0 Å². The molecule has 2 nitrogen and oxygen atoms in total. The zero-order valence-corrected chi connectivity index (χ0v) is 7.71. The zero-order valence-electron chi connectivity index (χ0n) is 7.71. The van der Waals surface area contributed by atoms with Gasteiger partial charge in [-0.3, -0.25) is 0 Å². The summed E-state index contributed by atoms with van der Waals surface area (Å²) in [5.41, 5.74) is 0. The van der Waals surface area contributed by atoms with Crippen LogP contribution in [0.2, 0.25) is 0 Å². The lowest BCUT2D eigenvalue weighted by molar-refractivity contribution is -0.941. The quantitative estimate of drug-likeness (QED) is 0.615. The first-order chi connectivity index (χ1) is 5.19. The maximum Gasteiger partial charge on any atom is 0.190 e. The summed E-state index contributed by atoms with van der Waals surface area (Å²) in [6.45, 7) is 4.52. The van der Waals surface area contributed by atoms with Gasteiger partial charge in [0.2, 0.25) is 0 Å². The Hall–Kier alpha value is -0.0800. The Labute approximate surface area is 69.4 Å². The Morgan fingerprint density at radius 3 is 2.73 bits per heavy atom. The summed E-state index contributed by atoms with van der Waals surface area (Å²) in [4.78, 5) is 0. The third-order valence-corrected chi connectivity index (χ3v) is 2.87. The molecule has 1 aliphatic rings. The van der Waals surface area contributed by atoms with Gasteiger partial charge in [0.05, 0.1) is 20.1 Å². The van der Waals surface area contributed by atoms with Gasteiger partial charge >= 0.3 is 0 Å². The van der Waals surface area contributed by atoms with E-state index in [1.807, 2.05) is 0 Å². The zero-order chi connectivity index (χ0) is 8.32. The van der Waals surface area contributed by atoms with Crippen molar-refractivity contribution in [2.24, 2.45) is 0 Å². The predicted molar refractivity (Wildman–Crippen MR) is 46.1 cm³/mol. The third kappa shape index (κ3) is 1.94. The lowest BCUT2D eigenvalue weighted by Crippen LogP contribution is -2.48. The van der Waals surface area contributed by atoms with Gasteiger partial charge < -0.3 is 9.59 Å². The molecule has 0 aromatic carbocycles. The molecule has 11 heavy (non-hydrogen) atoms. The molecule has 1 heterocycles. The van der Waals surface area contributed by atoms with Crippen LogP contribution in [-0.2, 0) is 0 Å². The first-order valence-electron chi connectivity index (χ1n) is 4.71. The van der Waals surface area contributed by atoms with Crippen LogP contribution < -0.4 is 0 Å². The van der Waals surface area contributed by atoms with Crippen LogP contribution in [0.1, 0.15) is 32.6 Å². The minimum atomic E-state index is -0.0819. The van der Waals surface area contributed by atoms with Crippen molar-refractivity contribution in [3.05, 3.63) is 0 Å². The number of rotatable bonds is 3. The van der Waals surface area contributed by atoms with Crippen LogP contribution in [0, 0.1) is 0 Å². The van der Waals surface area contributed by atoms with E-state index in [0.717, 1.165) is 17.4 Å². The normalized spacial score (nSPS) is 37.9. The fourth-order valence-corrected chi connectivity index (χ4v) is 1.88. The Morgan fingerprint density at radius 1 is 1.55 bits per heavy atom. The van der Waals surface area contributed by atoms with Crippen LogP contribution >= 0.6 is 0 Å². The van der Waals surface area contributed by atoms with E-state index in [9.17, 15) is 5.11 Å². The molecule has 0 aliphatic carbocycles. The Morgan fingerprint density at radius 2 is 2.27 bits per heavy atom. The van der Waals surface area contributed by atoms with Gasteiger partial charge in [-0.25, -0.2) is 0 Å². The van der Waals surface area contributed by atoms with E-state index in [2.05, 4.69) is 14.0 Å². The number of hydrogen-bond donors (Lipinski definition) is 1. The van der Waals surface area contributed by atoms with E-state index >= 15 is 0 Å². The predicted octanol–water partition coefficient (Wildman–Crippen LogP) is 1.35. The Kier molecular flexibility index (Phi) is 2.90. The number of unbranched alkanes of at least 4 members (excludes halogenated alkanes) is 1. The molecule has 1 aliphatic heterocycles. The first-order valence-corrected chi connectivity index (χ1v) is 4.71. The van der Waals surface area contributed by atoms with E-state index in [1.165, 1.54) is 25.8 Å². The molecule has 0 spiro atoms. The maximum absolute atomic E-state index is 9.65. The van der Waals surface area contributed by atoms with Gasteiger partial charge in [-0.2, -0.15) is 0 Å². The van der Waals surface area contributed by atoms with Crippen molar-refractivity contribution < 1.29 is 9.59 Å². The molecule has 2 atom stereocenters. The third-order valence-electron chi connectivity index (χ3n) is 2.87. The van der Waals surface area contributed by atoms with Gasteiger partial charge in [0.25, 0.3) is 0 Å². The second kappa shape index (κ2) is 3.55. The largest absolute Gasteiger partial charge is 0.345 e. The number of likely N-dealkylation sites (tertiary alicyclic amines) is 1. The topological polar surface area (TPSA) is 20.2 Å². The van der Waals surface area contributed by atoms with Crippen LogP contribution in [-0.4, -0.2) is 36.0 Å². The Bertz CT molecular complexity index is 127. The molecule has 66 valence electrons. The highest BCUT2D eigenvalue weighted by atomic mass is 16.3. The fourth-order valence-electron chi connectivity index (χ4n) is 1.88. The highest BCUT2D eigenvalue weighted by molar-refractivity contribution is 4.56. The monoisotopic (exact) mass is 158 g/mol. The number of nitrogens with zero attached hydrogens (tertiary/aromatic N) is 1. The van der Waals surface area contributed by atoms with Crippen molar-refractivity contribution in [1.29, 1.82) is 0 Å². The molecule has 0 aromatic rings. The van der Waals surface area contributed by atoms with Crippen molar-refractivity contribution in [1.82, 2.24) is 0 Å². The molecule has 2 unspecified atom stereocenters. The smallest absolute Gasteiger partial charge is 0.190 e. The van der Waals surface area contributed by atoms with Crippen LogP contribution in [0.5, 0.6) is 0 Å². The van der Waals surface area contributed by atoms with Crippen molar-refractivity contribution in [3.8, 4) is 0 Å². The van der Waals surface area contributed by atoms with Crippen LogP contribution in [0.4, 0.5) is 0 Å². The van der Waals surface area contributed by atoms with E-state index in [1.54, 1.807) is 0 Å². The van der Waals surface area contributed by atoms with E-state index in [-0.39, 0.29) is 6.23 Å². The molecule has 0 saturated carbocycles. The molecule has 0 radical (unpaired) electrons. The number of quaternary nitrogens is 1. The lowest BCUT2D eigenvalue weighted by Gasteiger charge is -2.32. The van der Waals surface area contributed by atoms with E-state index < -0.39 is 0 Å². The minimum Gasteiger partial charge on any atom is -0.345 e. The molecular weight excluding hydrogens is 138 g/mol. The molecule has 0 aromatic heterocycles. The van der Waals surface area contributed by atoms with Gasteiger partial charge in [0, 0.05) is 12.8 Å². The fraction of sp³-hybridized carbons (Fsp3) is 1.00.